The molecule has 0 radical (unpaired) electrons. The van der Waals surface area contributed by atoms with Gasteiger partial charge in [-0.05, 0) is 29.8 Å². The molecule has 6 nitrogen and oxygen atoms in total. The molecule has 4 atom stereocenters. The quantitative estimate of drug-likeness (QED) is 0.830. The van der Waals surface area contributed by atoms with E-state index in [1.54, 1.807) is 31.3 Å². The van der Waals surface area contributed by atoms with Crippen molar-refractivity contribution >= 4 is 11.8 Å². The first-order valence-corrected chi connectivity index (χ1v) is 9.73. The molecule has 7 heteroatoms. The zero-order valence-electron chi connectivity index (χ0n) is 15.9. The molecule has 3 aliphatic rings. The summed E-state index contributed by atoms with van der Waals surface area (Å²) in [5.74, 6) is 0.257. The van der Waals surface area contributed by atoms with Crippen LogP contribution in [0.15, 0.2) is 36.4 Å². The maximum atomic E-state index is 13.3. The van der Waals surface area contributed by atoms with Crippen LogP contribution in [0.1, 0.15) is 37.8 Å². The predicted molar refractivity (Wildman–Crippen MR) is 103 cm³/mol. The molecule has 1 unspecified atom stereocenters. The van der Waals surface area contributed by atoms with Crippen molar-refractivity contribution in [2.75, 3.05) is 26.9 Å². The van der Waals surface area contributed by atoms with Gasteiger partial charge in [0.25, 0.3) is 11.8 Å². The Bertz CT molecular complexity index is 981. The lowest BCUT2D eigenvalue weighted by molar-refractivity contribution is 0.0929. The molecule has 5 rings (SSSR count). The van der Waals surface area contributed by atoms with Crippen LogP contribution in [0.3, 0.4) is 0 Å². The molecule has 29 heavy (non-hydrogen) atoms. The summed E-state index contributed by atoms with van der Waals surface area (Å²) >= 11 is 0. The topological polar surface area (TPSA) is 76.7 Å². The smallest absolute Gasteiger partial charge is 0.254 e. The molecule has 2 fully saturated rings. The zero-order valence-corrected chi connectivity index (χ0v) is 15.9. The Hall–Kier alpha value is -2.93. The van der Waals surface area contributed by atoms with Gasteiger partial charge in [0.05, 0.1) is 25.4 Å². The van der Waals surface area contributed by atoms with Crippen LogP contribution in [0.5, 0.6) is 5.75 Å². The standard InChI is InChI=1S/C22H21FN2O4/c1-24-22(27)15-7-12(21(26)25-19-17-8-28-9-18(17)19)6-14-16(10-29-20(14)15)11-2-4-13(23)5-3-11/h2-7,16-19H,8-10H2,1H3,(H,24,27)(H,25,26)/t16-,17-,18+,19?/m0/s1. The van der Waals surface area contributed by atoms with Crippen molar-refractivity contribution in [3.05, 3.63) is 64.5 Å². The maximum absolute atomic E-state index is 13.3. The summed E-state index contributed by atoms with van der Waals surface area (Å²) in [5, 5.41) is 5.68. The fourth-order valence-electron chi connectivity index (χ4n) is 4.42. The summed E-state index contributed by atoms with van der Waals surface area (Å²) < 4.78 is 24.5. The van der Waals surface area contributed by atoms with Crippen LogP contribution in [-0.2, 0) is 4.74 Å². The molecule has 2 N–H and O–H groups in total. The number of carbonyl (C=O) groups excluding carboxylic acids is 2. The van der Waals surface area contributed by atoms with Gasteiger partial charge in [-0.25, -0.2) is 4.39 Å². The van der Waals surface area contributed by atoms with Crippen LogP contribution in [0, 0.1) is 17.7 Å². The average molecular weight is 396 g/mol. The van der Waals surface area contributed by atoms with E-state index < -0.39 is 0 Å². The Morgan fingerprint density at radius 2 is 1.76 bits per heavy atom. The van der Waals surface area contributed by atoms with Gasteiger partial charge in [-0.1, -0.05) is 12.1 Å². The van der Waals surface area contributed by atoms with Crippen molar-refractivity contribution < 1.29 is 23.5 Å². The first kappa shape index (κ1) is 18.1. The van der Waals surface area contributed by atoms with Crippen LogP contribution in [0.4, 0.5) is 4.39 Å². The number of carbonyl (C=O) groups is 2. The number of hydrogen-bond donors (Lipinski definition) is 2. The summed E-state index contributed by atoms with van der Waals surface area (Å²) in [7, 11) is 1.54. The second kappa shape index (κ2) is 6.84. The van der Waals surface area contributed by atoms with Gasteiger partial charge in [-0.2, -0.15) is 0 Å². The average Bonchev–Trinajstić information content (AvgIpc) is 3.09. The van der Waals surface area contributed by atoms with Crippen LogP contribution in [-0.4, -0.2) is 44.7 Å². The van der Waals surface area contributed by atoms with Gasteiger partial charge >= 0.3 is 0 Å². The third kappa shape index (κ3) is 3.06. The van der Waals surface area contributed by atoms with Crippen molar-refractivity contribution in [3.63, 3.8) is 0 Å². The molecule has 1 saturated heterocycles. The molecule has 0 spiro atoms. The lowest BCUT2D eigenvalue weighted by atomic mass is 9.90. The molecule has 0 bridgehead atoms. The highest BCUT2D eigenvalue weighted by atomic mass is 19.1. The molecule has 150 valence electrons. The van der Waals surface area contributed by atoms with E-state index in [-0.39, 0.29) is 29.6 Å². The lowest BCUT2D eigenvalue weighted by Gasteiger charge is -2.14. The number of ether oxygens (including phenoxy) is 2. The number of benzene rings is 2. The number of halogens is 1. The van der Waals surface area contributed by atoms with Crippen LogP contribution in [0.2, 0.25) is 0 Å². The van der Waals surface area contributed by atoms with Gasteiger partial charge in [0, 0.05) is 42.0 Å². The Morgan fingerprint density at radius 1 is 1.03 bits per heavy atom. The van der Waals surface area contributed by atoms with E-state index in [0.717, 1.165) is 11.1 Å². The molecule has 1 saturated carbocycles. The van der Waals surface area contributed by atoms with Gasteiger partial charge in [-0.15, -0.1) is 0 Å². The van der Waals surface area contributed by atoms with Gasteiger partial charge in [0.1, 0.15) is 11.6 Å². The van der Waals surface area contributed by atoms with Gasteiger partial charge in [0.15, 0.2) is 0 Å². The highest BCUT2D eigenvalue weighted by Gasteiger charge is 2.54. The molecule has 0 aromatic heterocycles. The summed E-state index contributed by atoms with van der Waals surface area (Å²) in [6.45, 7) is 1.70. The van der Waals surface area contributed by atoms with Crippen LogP contribution in [0.25, 0.3) is 0 Å². The summed E-state index contributed by atoms with van der Waals surface area (Å²) in [6.07, 6.45) is 0. The molecule has 2 aromatic carbocycles. The molecule has 2 heterocycles. The predicted octanol–water partition coefficient (Wildman–Crippen LogP) is 2.08. The van der Waals surface area contributed by atoms with E-state index in [0.29, 0.717) is 48.5 Å². The molecule has 2 aromatic rings. The number of rotatable bonds is 4. The first-order valence-electron chi connectivity index (χ1n) is 9.73. The minimum atomic E-state index is -0.314. The van der Waals surface area contributed by atoms with Crippen molar-refractivity contribution in [2.45, 2.75) is 12.0 Å². The van der Waals surface area contributed by atoms with Gasteiger partial charge < -0.3 is 20.1 Å². The van der Waals surface area contributed by atoms with Crippen molar-refractivity contribution in [1.29, 1.82) is 0 Å². The molecular weight excluding hydrogens is 375 g/mol. The third-order valence-corrected chi connectivity index (χ3v) is 6.14. The van der Waals surface area contributed by atoms with E-state index in [9.17, 15) is 14.0 Å². The molecule has 2 amide bonds. The highest BCUT2D eigenvalue weighted by Crippen LogP contribution is 2.45. The first-order chi connectivity index (χ1) is 14.1. The second-order valence-electron chi connectivity index (χ2n) is 7.80. The second-order valence-corrected chi connectivity index (χ2v) is 7.80. The Morgan fingerprint density at radius 3 is 2.45 bits per heavy atom. The Balaban J connectivity index is 1.49. The van der Waals surface area contributed by atoms with Gasteiger partial charge in [0.2, 0.25) is 0 Å². The van der Waals surface area contributed by atoms with Crippen molar-refractivity contribution in [2.24, 2.45) is 11.8 Å². The maximum Gasteiger partial charge on any atom is 0.254 e. The lowest BCUT2D eigenvalue weighted by Crippen LogP contribution is -2.30. The minimum absolute atomic E-state index is 0.136. The fourth-order valence-corrected chi connectivity index (χ4v) is 4.42. The van der Waals surface area contributed by atoms with Crippen LogP contribution >= 0.6 is 0 Å². The number of hydrogen-bond acceptors (Lipinski definition) is 4. The molecule has 2 aliphatic heterocycles. The van der Waals surface area contributed by atoms with Crippen LogP contribution < -0.4 is 15.4 Å². The zero-order chi connectivity index (χ0) is 20.1. The van der Waals surface area contributed by atoms with E-state index in [1.165, 1.54) is 12.1 Å². The molecule has 1 aliphatic carbocycles. The number of nitrogens with one attached hydrogen (secondary N) is 2. The van der Waals surface area contributed by atoms with E-state index in [1.807, 2.05) is 0 Å². The fraction of sp³-hybridized carbons (Fsp3) is 0.364. The van der Waals surface area contributed by atoms with E-state index in [4.69, 9.17) is 9.47 Å². The van der Waals surface area contributed by atoms with E-state index in [2.05, 4.69) is 10.6 Å². The summed E-state index contributed by atoms with van der Waals surface area (Å²) in [6, 6.07) is 9.71. The highest BCUT2D eigenvalue weighted by molar-refractivity contribution is 6.02. The normalized spacial score (nSPS) is 26.3. The van der Waals surface area contributed by atoms with E-state index >= 15 is 0 Å². The molecular formula is C22H21FN2O4. The van der Waals surface area contributed by atoms with Crippen molar-refractivity contribution in [1.82, 2.24) is 10.6 Å². The SMILES string of the molecule is CNC(=O)c1cc(C(=O)NC2[C@H]3COC[C@@H]23)cc2c1OC[C@H]2c1ccc(F)cc1. The summed E-state index contributed by atoms with van der Waals surface area (Å²) in [5.41, 5.74) is 2.39. The largest absolute Gasteiger partial charge is 0.491 e. The summed E-state index contributed by atoms with van der Waals surface area (Å²) in [4.78, 5) is 25.3. The Labute approximate surface area is 167 Å². The monoisotopic (exact) mass is 396 g/mol. The third-order valence-electron chi connectivity index (χ3n) is 6.14. The Kier molecular flexibility index (Phi) is 4.28. The van der Waals surface area contributed by atoms with Crippen molar-refractivity contribution in [3.8, 4) is 5.75 Å². The minimum Gasteiger partial charge on any atom is -0.491 e. The number of amides is 2. The van der Waals surface area contributed by atoms with Gasteiger partial charge in [-0.3, -0.25) is 9.59 Å². The number of fused-ring (bicyclic) bond motifs is 2.